The zero-order valence-electron chi connectivity index (χ0n) is 13.9. The van der Waals surface area contributed by atoms with Crippen LogP contribution in [0.4, 0.5) is 4.79 Å². The van der Waals surface area contributed by atoms with Crippen LogP contribution in [0.25, 0.3) is 5.65 Å². The van der Waals surface area contributed by atoms with Crippen LogP contribution in [0, 0.1) is 5.92 Å². The molecule has 0 aliphatic heterocycles. The lowest BCUT2D eigenvalue weighted by atomic mass is 10.0. The monoisotopic (exact) mass is 410 g/mol. The maximum Gasteiger partial charge on any atom is 0.329 e. The van der Waals surface area contributed by atoms with E-state index in [2.05, 4.69) is 26.2 Å². The van der Waals surface area contributed by atoms with Gasteiger partial charge in [-0.25, -0.2) is 14.6 Å². The van der Waals surface area contributed by atoms with Crippen LogP contribution >= 0.6 is 15.9 Å². The standard InChI is InChI=1S/C16H19BrN4O4/c1-9(2)5-12(20-16(18)24)15(23)25-8-11-6-14(22)21-7-10(17)3-4-13(21)19-11/h3-4,6-7,9,12H,5,8H2,1-2H3,(H3,18,20,24)/t12-/m0/s1. The lowest BCUT2D eigenvalue weighted by Crippen LogP contribution is -2.45. The van der Waals surface area contributed by atoms with Crippen molar-refractivity contribution in [3.05, 3.63) is 44.9 Å². The highest BCUT2D eigenvalue weighted by Gasteiger charge is 2.22. The van der Waals surface area contributed by atoms with Crippen molar-refractivity contribution >= 4 is 33.6 Å². The number of hydrogen-bond acceptors (Lipinski definition) is 5. The highest BCUT2D eigenvalue weighted by Crippen LogP contribution is 2.11. The number of rotatable bonds is 6. The van der Waals surface area contributed by atoms with Gasteiger partial charge in [0.2, 0.25) is 0 Å². The molecule has 0 saturated carbocycles. The minimum Gasteiger partial charge on any atom is -0.458 e. The number of aromatic nitrogens is 2. The molecule has 25 heavy (non-hydrogen) atoms. The van der Waals surface area contributed by atoms with Crippen molar-refractivity contribution in [3.8, 4) is 0 Å². The van der Waals surface area contributed by atoms with Crippen molar-refractivity contribution in [3.63, 3.8) is 0 Å². The summed E-state index contributed by atoms with van der Waals surface area (Å²) in [5.41, 5.74) is 5.57. The van der Waals surface area contributed by atoms with E-state index in [1.807, 2.05) is 13.8 Å². The summed E-state index contributed by atoms with van der Waals surface area (Å²) in [5, 5.41) is 2.37. The van der Waals surface area contributed by atoms with Gasteiger partial charge in [-0.1, -0.05) is 13.8 Å². The quantitative estimate of drug-likeness (QED) is 0.701. The Hall–Kier alpha value is -2.42. The Kier molecular flexibility index (Phi) is 6.13. The number of carbonyl (C=O) groups is 2. The number of nitrogens with two attached hydrogens (primary N) is 1. The van der Waals surface area contributed by atoms with Gasteiger partial charge < -0.3 is 15.8 Å². The zero-order chi connectivity index (χ0) is 18.6. The number of primary amides is 1. The highest BCUT2D eigenvalue weighted by atomic mass is 79.9. The molecule has 0 spiro atoms. The molecule has 0 radical (unpaired) electrons. The second-order valence-corrected chi connectivity index (χ2v) is 6.88. The van der Waals surface area contributed by atoms with Crippen LogP contribution < -0.4 is 16.6 Å². The van der Waals surface area contributed by atoms with Gasteiger partial charge in [0.15, 0.2) is 0 Å². The Morgan fingerprint density at radius 2 is 2.12 bits per heavy atom. The zero-order valence-corrected chi connectivity index (χ0v) is 15.4. The molecule has 0 aliphatic carbocycles. The van der Waals surface area contributed by atoms with Crippen LogP contribution in [0.2, 0.25) is 0 Å². The van der Waals surface area contributed by atoms with E-state index in [-0.39, 0.29) is 18.1 Å². The van der Waals surface area contributed by atoms with Gasteiger partial charge in [-0.2, -0.15) is 0 Å². The van der Waals surface area contributed by atoms with Gasteiger partial charge in [0.1, 0.15) is 18.3 Å². The first kappa shape index (κ1) is 18.9. The van der Waals surface area contributed by atoms with Gasteiger partial charge in [0.25, 0.3) is 5.56 Å². The number of nitrogens with zero attached hydrogens (tertiary/aromatic N) is 2. The van der Waals surface area contributed by atoms with Crippen LogP contribution in [-0.2, 0) is 16.1 Å². The fraction of sp³-hybridized carbons (Fsp3) is 0.375. The molecule has 2 rings (SSSR count). The van der Waals surface area contributed by atoms with Crippen molar-refractivity contribution in [1.82, 2.24) is 14.7 Å². The molecule has 0 bridgehead atoms. The van der Waals surface area contributed by atoms with Crippen molar-refractivity contribution in [2.75, 3.05) is 0 Å². The first-order valence-electron chi connectivity index (χ1n) is 7.66. The fourth-order valence-electron chi connectivity index (χ4n) is 2.30. The Morgan fingerprint density at radius 3 is 2.76 bits per heavy atom. The highest BCUT2D eigenvalue weighted by molar-refractivity contribution is 9.10. The molecule has 0 fully saturated rings. The summed E-state index contributed by atoms with van der Waals surface area (Å²) < 4.78 is 7.32. The normalized spacial score (nSPS) is 12.2. The topological polar surface area (TPSA) is 116 Å². The Bertz CT molecular complexity index is 850. The smallest absolute Gasteiger partial charge is 0.329 e. The maximum atomic E-state index is 12.2. The van der Waals surface area contributed by atoms with Gasteiger partial charge in [-0.05, 0) is 40.4 Å². The number of fused-ring (bicyclic) bond motifs is 1. The molecule has 2 heterocycles. The van der Waals surface area contributed by atoms with Crippen molar-refractivity contribution in [1.29, 1.82) is 0 Å². The van der Waals surface area contributed by atoms with Gasteiger partial charge in [0, 0.05) is 16.7 Å². The molecular formula is C16H19BrN4O4. The molecule has 3 N–H and O–H groups in total. The third-order valence-corrected chi connectivity index (χ3v) is 3.82. The summed E-state index contributed by atoms with van der Waals surface area (Å²) in [6.45, 7) is 3.65. The summed E-state index contributed by atoms with van der Waals surface area (Å²) in [6.07, 6.45) is 2.00. The molecule has 2 aromatic rings. The number of amides is 2. The third-order valence-electron chi connectivity index (χ3n) is 3.35. The van der Waals surface area contributed by atoms with Crippen LogP contribution in [0.1, 0.15) is 26.0 Å². The average molecular weight is 411 g/mol. The van der Waals surface area contributed by atoms with E-state index in [0.29, 0.717) is 17.8 Å². The summed E-state index contributed by atoms with van der Waals surface area (Å²) >= 11 is 3.29. The largest absolute Gasteiger partial charge is 0.458 e. The first-order chi connectivity index (χ1) is 11.8. The third kappa shape index (κ3) is 5.28. The van der Waals surface area contributed by atoms with Gasteiger partial charge >= 0.3 is 12.0 Å². The number of esters is 1. The molecule has 9 heteroatoms. The fourth-order valence-corrected chi connectivity index (χ4v) is 2.64. The van der Waals surface area contributed by atoms with Crippen molar-refractivity contribution in [2.45, 2.75) is 32.9 Å². The summed E-state index contributed by atoms with van der Waals surface area (Å²) in [5.74, 6) is -0.461. The van der Waals surface area contributed by atoms with E-state index in [1.165, 1.54) is 10.5 Å². The second-order valence-electron chi connectivity index (χ2n) is 5.96. The molecule has 0 aromatic carbocycles. The van der Waals surface area contributed by atoms with Crippen molar-refractivity contribution < 1.29 is 14.3 Å². The summed E-state index contributed by atoms with van der Waals surface area (Å²) in [6, 6.07) is 3.09. The number of nitrogens with one attached hydrogen (secondary N) is 1. The van der Waals surface area contributed by atoms with Gasteiger partial charge in [-0.3, -0.25) is 9.20 Å². The van der Waals surface area contributed by atoms with E-state index < -0.39 is 18.0 Å². The number of carbonyl (C=O) groups excluding carboxylic acids is 2. The predicted molar refractivity (Wildman–Crippen MR) is 94.9 cm³/mol. The molecule has 0 aliphatic rings. The van der Waals surface area contributed by atoms with Crippen LogP contribution in [-0.4, -0.2) is 27.4 Å². The number of pyridine rings is 1. The van der Waals surface area contributed by atoms with E-state index in [0.717, 1.165) is 4.47 Å². The summed E-state index contributed by atoms with van der Waals surface area (Å²) in [7, 11) is 0. The molecule has 134 valence electrons. The maximum absolute atomic E-state index is 12.2. The van der Waals surface area contributed by atoms with Gasteiger partial charge in [-0.15, -0.1) is 0 Å². The Morgan fingerprint density at radius 1 is 1.40 bits per heavy atom. The summed E-state index contributed by atoms with van der Waals surface area (Å²) in [4.78, 5) is 39.6. The molecule has 2 amide bonds. The van der Waals surface area contributed by atoms with Crippen molar-refractivity contribution in [2.24, 2.45) is 11.7 Å². The first-order valence-corrected chi connectivity index (χ1v) is 8.46. The van der Waals surface area contributed by atoms with E-state index in [1.54, 1.807) is 18.3 Å². The van der Waals surface area contributed by atoms with Crippen LogP contribution in [0.5, 0.6) is 0 Å². The SMILES string of the molecule is CC(C)C[C@H](NC(N)=O)C(=O)OCc1cc(=O)n2cc(Br)ccc2n1. The number of hydrogen-bond donors (Lipinski definition) is 2. The Balaban J connectivity index is 2.12. The number of halogens is 1. The minimum absolute atomic E-state index is 0.159. The number of ether oxygens (including phenoxy) is 1. The minimum atomic E-state index is -0.838. The number of urea groups is 1. The molecule has 2 aromatic heterocycles. The average Bonchev–Trinajstić information content (AvgIpc) is 2.52. The lowest BCUT2D eigenvalue weighted by Gasteiger charge is -2.18. The van der Waals surface area contributed by atoms with E-state index in [4.69, 9.17) is 10.5 Å². The molecule has 0 saturated heterocycles. The van der Waals surface area contributed by atoms with Crippen LogP contribution in [0.3, 0.4) is 0 Å². The van der Waals surface area contributed by atoms with Crippen LogP contribution in [0.15, 0.2) is 33.7 Å². The van der Waals surface area contributed by atoms with E-state index in [9.17, 15) is 14.4 Å². The Labute approximate surface area is 152 Å². The molecular weight excluding hydrogens is 392 g/mol. The lowest BCUT2D eigenvalue weighted by molar-refractivity contribution is -0.147. The molecule has 0 unspecified atom stereocenters. The van der Waals surface area contributed by atoms with E-state index >= 15 is 0 Å². The second kappa shape index (κ2) is 8.11. The predicted octanol–water partition coefficient (Wildman–Crippen LogP) is 1.58. The van der Waals surface area contributed by atoms with Gasteiger partial charge in [0.05, 0.1) is 5.69 Å². The molecule has 1 atom stereocenters. The molecule has 8 nitrogen and oxygen atoms in total.